The number of nitrogens with two attached hydrogens (primary N) is 1. The van der Waals surface area contributed by atoms with Gasteiger partial charge in [0.25, 0.3) is 0 Å². The summed E-state index contributed by atoms with van der Waals surface area (Å²) >= 11 is 0. The van der Waals surface area contributed by atoms with Gasteiger partial charge in [0.05, 0.1) is 11.7 Å². The van der Waals surface area contributed by atoms with Crippen LogP contribution in [0, 0.1) is 12.3 Å². The Labute approximate surface area is 85.3 Å². The number of rotatable bonds is 3. The Balaban J connectivity index is 2.51. The number of aromatic amines is 1. The van der Waals surface area contributed by atoms with Crippen LogP contribution in [0.1, 0.15) is 51.0 Å². The monoisotopic (exact) mass is 196 g/mol. The van der Waals surface area contributed by atoms with Crippen molar-refractivity contribution in [2.45, 2.75) is 46.6 Å². The van der Waals surface area contributed by atoms with E-state index in [0.29, 0.717) is 5.41 Å². The zero-order chi connectivity index (χ0) is 10.8. The molecule has 0 aromatic carbocycles. The van der Waals surface area contributed by atoms with Crippen LogP contribution in [0.25, 0.3) is 0 Å². The molecule has 0 saturated carbocycles. The van der Waals surface area contributed by atoms with E-state index in [9.17, 15) is 0 Å². The molecule has 4 heteroatoms. The van der Waals surface area contributed by atoms with E-state index >= 15 is 0 Å². The highest BCUT2D eigenvalue weighted by Gasteiger charge is 2.17. The number of hydrogen-bond acceptors (Lipinski definition) is 3. The van der Waals surface area contributed by atoms with Crippen LogP contribution in [-0.2, 0) is 0 Å². The number of hydrogen-bond donors (Lipinski definition) is 2. The van der Waals surface area contributed by atoms with Gasteiger partial charge in [0.1, 0.15) is 5.69 Å². The van der Waals surface area contributed by atoms with Gasteiger partial charge in [0.15, 0.2) is 0 Å². The van der Waals surface area contributed by atoms with Crippen molar-refractivity contribution < 1.29 is 0 Å². The molecule has 1 aromatic heterocycles. The predicted molar refractivity (Wildman–Crippen MR) is 56.7 cm³/mol. The van der Waals surface area contributed by atoms with Crippen molar-refractivity contribution in [2.24, 2.45) is 11.1 Å². The second-order valence-corrected chi connectivity index (χ2v) is 5.00. The van der Waals surface area contributed by atoms with E-state index in [1.165, 1.54) is 0 Å². The van der Waals surface area contributed by atoms with Gasteiger partial charge in [-0.15, -0.1) is 0 Å². The number of nitrogens with zero attached hydrogens (tertiary/aromatic N) is 2. The van der Waals surface area contributed by atoms with Gasteiger partial charge in [-0.25, -0.2) is 0 Å². The summed E-state index contributed by atoms with van der Waals surface area (Å²) in [4.78, 5) is 0. The molecule has 0 aliphatic rings. The number of aryl methyl sites for hydroxylation is 1. The molecule has 0 bridgehead atoms. The highest BCUT2D eigenvalue weighted by molar-refractivity contribution is 5.10. The van der Waals surface area contributed by atoms with Crippen LogP contribution in [0.5, 0.6) is 0 Å². The lowest BCUT2D eigenvalue weighted by Crippen LogP contribution is -2.16. The molecule has 1 heterocycles. The van der Waals surface area contributed by atoms with Crippen molar-refractivity contribution >= 4 is 0 Å². The molecule has 14 heavy (non-hydrogen) atoms. The fourth-order valence-corrected chi connectivity index (χ4v) is 1.37. The number of aromatic nitrogens is 3. The molecule has 4 nitrogen and oxygen atoms in total. The first-order valence-corrected chi connectivity index (χ1v) is 5.03. The van der Waals surface area contributed by atoms with Crippen LogP contribution in [0.4, 0.5) is 0 Å². The van der Waals surface area contributed by atoms with Crippen molar-refractivity contribution in [1.82, 2.24) is 15.4 Å². The van der Waals surface area contributed by atoms with Gasteiger partial charge in [0, 0.05) is 0 Å². The average Bonchev–Trinajstić information content (AvgIpc) is 2.46. The summed E-state index contributed by atoms with van der Waals surface area (Å²) in [6.07, 6.45) is 2.05. The van der Waals surface area contributed by atoms with Crippen molar-refractivity contribution in [3.8, 4) is 0 Å². The van der Waals surface area contributed by atoms with E-state index in [0.717, 1.165) is 24.2 Å². The maximum absolute atomic E-state index is 6.02. The molecule has 1 unspecified atom stereocenters. The minimum absolute atomic E-state index is 0.00738. The van der Waals surface area contributed by atoms with Gasteiger partial charge in [-0.2, -0.15) is 15.4 Å². The standard InChI is InChI=1S/C10H20N4/c1-7-9(13-14-12-7)8(11)5-6-10(2,3)4/h8H,5-6,11H2,1-4H3,(H,12,13,14). The molecule has 0 spiro atoms. The minimum Gasteiger partial charge on any atom is -0.323 e. The maximum atomic E-state index is 6.02. The Morgan fingerprint density at radius 3 is 2.43 bits per heavy atom. The van der Waals surface area contributed by atoms with Crippen LogP contribution < -0.4 is 5.73 Å². The minimum atomic E-state index is 0.00738. The Bertz CT molecular complexity index is 285. The van der Waals surface area contributed by atoms with Gasteiger partial charge in [0.2, 0.25) is 0 Å². The van der Waals surface area contributed by atoms with Crippen molar-refractivity contribution in [3.63, 3.8) is 0 Å². The summed E-state index contributed by atoms with van der Waals surface area (Å²) in [5, 5.41) is 10.6. The first-order valence-electron chi connectivity index (χ1n) is 5.03. The largest absolute Gasteiger partial charge is 0.323 e. The van der Waals surface area contributed by atoms with Crippen molar-refractivity contribution in [1.29, 1.82) is 0 Å². The van der Waals surface area contributed by atoms with Gasteiger partial charge in [-0.1, -0.05) is 20.8 Å². The molecule has 3 N–H and O–H groups in total. The summed E-state index contributed by atoms with van der Waals surface area (Å²) in [7, 11) is 0. The summed E-state index contributed by atoms with van der Waals surface area (Å²) < 4.78 is 0. The molecule has 0 radical (unpaired) electrons. The van der Waals surface area contributed by atoms with Gasteiger partial charge < -0.3 is 5.73 Å². The zero-order valence-corrected chi connectivity index (χ0v) is 9.46. The molecule has 0 fully saturated rings. The highest BCUT2D eigenvalue weighted by Crippen LogP contribution is 2.25. The normalized spacial score (nSPS) is 14.4. The smallest absolute Gasteiger partial charge is 0.102 e. The summed E-state index contributed by atoms with van der Waals surface area (Å²) in [5.74, 6) is 0. The van der Waals surface area contributed by atoms with E-state index in [1.807, 2.05) is 6.92 Å². The molecule has 1 aromatic rings. The molecule has 0 aliphatic heterocycles. The SMILES string of the molecule is Cc1n[nH]nc1C(N)CCC(C)(C)C. The Morgan fingerprint density at radius 1 is 1.36 bits per heavy atom. The molecule has 80 valence electrons. The quantitative estimate of drug-likeness (QED) is 0.776. The van der Waals surface area contributed by atoms with Crippen LogP contribution >= 0.6 is 0 Å². The Hall–Kier alpha value is -0.900. The Morgan fingerprint density at radius 2 is 2.00 bits per heavy atom. The molecule has 0 saturated heterocycles. The van der Waals surface area contributed by atoms with Crippen LogP contribution in [0.15, 0.2) is 0 Å². The van der Waals surface area contributed by atoms with E-state index in [2.05, 4.69) is 36.2 Å². The number of H-pyrrole nitrogens is 1. The second-order valence-electron chi connectivity index (χ2n) is 5.00. The van der Waals surface area contributed by atoms with Crippen molar-refractivity contribution in [2.75, 3.05) is 0 Å². The van der Waals surface area contributed by atoms with Crippen molar-refractivity contribution in [3.05, 3.63) is 11.4 Å². The third kappa shape index (κ3) is 3.10. The van der Waals surface area contributed by atoms with Crippen LogP contribution in [0.2, 0.25) is 0 Å². The van der Waals surface area contributed by atoms with Crippen LogP contribution in [0.3, 0.4) is 0 Å². The summed E-state index contributed by atoms with van der Waals surface area (Å²) in [5.41, 5.74) is 8.16. The fourth-order valence-electron chi connectivity index (χ4n) is 1.37. The molecular weight excluding hydrogens is 176 g/mol. The molecule has 0 amide bonds. The van der Waals surface area contributed by atoms with Gasteiger partial charge >= 0.3 is 0 Å². The van der Waals surface area contributed by atoms with Gasteiger partial charge in [-0.05, 0) is 25.2 Å². The first kappa shape index (κ1) is 11.2. The van der Waals surface area contributed by atoms with E-state index in [1.54, 1.807) is 0 Å². The predicted octanol–water partition coefficient (Wildman–Crippen LogP) is 1.94. The first-order chi connectivity index (χ1) is 6.40. The fraction of sp³-hybridized carbons (Fsp3) is 0.800. The lowest BCUT2D eigenvalue weighted by atomic mass is 9.88. The lowest BCUT2D eigenvalue weighted by molar-refractivity contribution is 0.348. The van der Waals surface area contributed by atoms with Crippen LogP contribution in [-0.4, -0.2) is 15.4 Å². The highest BCUT2D eigenvalue weighted by atomic mass is 15.3. The van der Waals surface area contributed by atoms with E-state index in [4.69, 9.17) is 5.73 Å². The van der Waals surface area contributed by atoms with E-state index in [-0.39, 0.29) is 6.04 Å². The summed E-state index contributed by atoms with van der Waals surface area (Å²) in [6.45, 7) is 8.58. The molecule has 1 rings (SSSR count). The number of nitrogens with one attached hydrogen (secondary N) is 1. The maximum Gasteiger partial charge on any atom is 0.102 e. The second kappa shape index (κ2) is 4.09. The summed E-state index contributed by atoms with van der Waals surface area (Å²) in [6, 6.07) is 0.00738. The molecule has 0 aliphatic carbocycles. The Kier molecular flexibility index (Phi) is 3.26. The molecule has 1 atom stereocenters. The zero-order valence-electron chi connectivity index (χ0n) is 9.46. The molecular formula is C10H20N4. The average molecular weight is 196 g/mol. The lowest BCUT2D eigenvalue weighted by Gasteiger charge is -2.20. The van der Waals surface area contributed by atoms with Gasteiger partial charge in [-0.3, -0.25) is 0 Å². The topological polar surface area (TPSA) is 67.6 Å². The third-order valence-corrected chi connectivity index (χ3v) is 2.32. The third-order valence-electron chi connectivity index (χ3n) is 2.32. The van der Waals surface area contributed by atoms with E-state index < -0.39 is 0 Å².